The Labute approximate surface area is 152 Å². The first-order valence-electron chi connectivity index (χ1n) is 7.83. The molecule has 3 unspecified atom stereocenters. The maximum Gasteiger partial charge on any atom is 0.339 e. The maximum atomic E-state index is 12.0. The second-order valence-electron chi connectivity index (χ2n) is 6.18. The molecule has 4 N–H and O–H groups in total. The van der Waals surface area contributed by atoms with Crippen LogP contribution in [0.25, 0.3) is 5.57 Å². The van der Waals surface area contributed by atoms with Crippen LogP contribution in [0.1, 0.15) is 12.0 Å². The van der Waals surface area contributed by atoms with Crippen molar-refractivity contribution in [1.29, 1.82) is 0 Å². The average Bonchev–Trinajstić information content (AvgIpc) is 2.89. The molecule has 26 heavy (non-hydrogen) atoms. The molecule has 0 radical (unpaired) electrons. The van der Waals surface area contributed by atoms with E-state index in [0.717, 1.165) is 16.9 Å². The van der Waals surface area contributed by atoms with Crippen molar-refractivity contribution in [3.8, 4) is 0 Å². The molecular weight excluding hydrogens is 362 g/mol. The Morgan fingerprint density at radius 1 is 1.23 bits per heavy atom. The van der Waals surface area contributed by atoms with Crippen LogP contribution >= 0.6 is 11.8 Å². The smallest absolute Gasteiger partial charge is 0.339 e. The number of fused-ring (bicyclic) bond motifs is 3. The molecule has 0 bridgehead atoms. The van der Waals surface area contributed by atoms with Crippen molar-refractivity contribution in [3.63, 3.8) is 0 Å². The molecule has 9 heteroatoms. The van der Waals surface area contributed by atoms with Crippen LogP contribution in [-0.2, 0) is 14.4 Å². The van der Waals surface area contributed by atoms with Crippen LogP contribution in [0.2, 0.25) is 0 Å². The van der Waals surface area contributed by atoms with Gasteiger partial charge in [-0.15, -0.1) is 0 Å². The minimum atomic E-state index is -2.98. The number of nitrogens with zero attached hydrogens (tertiary/aromatic N) is 1. The third-order valence-electron chi connectivity index (χ3n) is 4.64. The summed E-state index contributed by atoms with van der Waals surface area (Å²) in [4.78, 5) is 36.2. The summed E-state index contributed by atoms with van der Waals surface area (Å²) in [6, 6.07) is 4.53. The number of hydrogen-bond donors (Lipinski definition) is 4. The highest BCUT2D eigenvalue weighted by Gasteiger charge is 2.56. The summed E-state index contributed by atoms with van der Waals surface area (Å²) < 4.78 is 0. The van der Waals surface area contributed by atoms with Gasteiger partial charge in [0.1, 0.15) is 0 Å². The standard InChI is InChI=1S/C17H17NO7S/c19-13(20)7-17(25,16(23)24)14(15(21)22)18-11-4-2-1-3-9(11)10-5-6-26-8-12(10)18/h1-5,12,14,25H,6-8H2,(H,19,20)(H,21,22)(H,23,24). The average molecular weight is 379 g/mol. The van der Waals surface area contributed by atoms with Gasteiger partial charge in [-0.1, -0.05) is 24.3 Å². The SMILES string of the molecule is O=C(O)CC(O)(C(=O)O)C(C(=O)O)N1c2ccccc2C2=CCSCC21. The Balaban J connectivity index is 2.18. The number of carboxylic acids is 3. The van der Waals surface area contributed by atoms with Crippen molar-refractivity contribution in [2.75, 3.05) is 16.4 Å². The van der Waals surface area contributed by atoms with Gasteiger partial charge in [-0.2, -0.15) is 11.8 Å². The molecule has 2 aliphatic rings. The lowest BCUT2D eigenvalue weighted by Crippen LogP contribution is -2.64. The minimum Gasteiger partial charge on any atom is -0.481 e. The molecule has 1 aromatic carbocycles. The van der Waals surface area contributed by atoms with Crippen molar-refractivity contribution in [2.24, 2.45) is 0 Å². The quantitative estimate of drug-likeness (QED) is 0.564. The van der Waals surface area contributed by atoms with Crippen molar-refractivity contribution in [2.45, 2.75) is 24.1 Å². The van der Waals surface area contributed by atoms with Crippen LogP contribution in [0, 0.1) is 0 Å². The fourth-order valence-corrected chi connectivity index (χ4v) is 4.57. The zero-order chi connectivity index (χ0) is 19.1. The fraction of sp³-hybridized carbons (Fsp3) is 0.353. The van der Waals surface area contributed by atoms with Crippen LogP contribution in [0.4, 0.5) is 5.69 Å². The number of para-hydroxylation sites is 1. The molecule has 0 spiro atoms. The van der Waals surface area contributed by atoms with E-state index < -0.39 is 42.0 Å². The van der Waals surface area contributed by atoms with Crippen LogP contribution in [-0.4, -0.2) is 67.5 Å². The summed E-state index contributed by atoms with van der Waals surface area (Å²) >= 11 is 1.55. The van der Waals surface area contributed by atoms with Gasteiger partial charge in [0.05, 0.1) is 12.5 Å². The molecule has 0 saturated heterocycles. The van der Waals surface area contributed by atoms with E-state index in [4.69, 9.17) is 5.11 Å². The topological polar surface area (TPSA) is 135 Å². The van der Waals surface area contributed by atoms with Gasteiger partial charge in [-0.3, -0.25) is 4.79 Å². The first-order chi connectivity index (χ1) is 12.3. The van der Waals surface area contributed by atoms with Gasteiger partial charge in [0.25, 0.3) is 0 Å². The summed E-state index contributed by atoms with van der Waals surface area (Å²) in [5.74, 6) is -3.83. The molecule has 0 saturated carbocycles. The number of hydrogen-bond acceptors (Lipinski definition) is 6. The van der Waals surface area contributed by atoms with Gasteiger partial charge < -0.3 is 25.3 Å². The van der Waals surface area contributed by atoms with Crippen LogP contribution in [0.5, 0.6) is 0 Å². The van der Waals surface area contributed by atoms with E-state index in [2.05, 4.69) is 0 Å². The zero-order valence-electron chi connectivity index (χ0n) is 13.5. The fourth-order valence-electron chi connectivity index (χ4n) is 3.58. The van der Waals surface area contributed by atoms with Crippen molar-refractivity contribution in [3.05, 3.63) is 35.9 Å². The van der Waals surface area contributed by atoms with E-state index in [1.54, 1.807) is 36.0 Å². The number of thioether (sulfide) groups is 1. The Morgan fingerprint density at radius 2 is 1.92 bits per heavy atom. The van der Waals surface area contributed by atoms with E-state index in [1.165, 1.54) is 4.90 Å². The van der Waals surface area contributed by atoms with Crippen molar-refractivity contribution >= 4 is 40.9 Å². The molecule has 0 aliphatic carbocycles. The van der Waals surface area contributed by atoms with Gasteiger partial charge in [-0.05, 0) is 11.6 Å². The third-order valence-corrected chi connectivity index (χ3v) is 5.59. The first-order valence-corrected chi connectivity index (χ1v) is 8.98. The Hall–Kier alpha value is -2.52. The van der Waals surface area contributed by atoms with Gasteiger partial charge >= 0.3 is 17.9 Å². The molecule has 1 aromatic rings. The first kappa shape index (κ1) is 18.3. The summed E-state index contributed by atoms with van der Waals surface area (Å²) in [7, 11) is 0. The van der Waals surface area contributed by atoms with Crippen LogP contribution in [0.3, 0.4) is 0 Å². The number of anilines is 1. The van der Waals surface area contributed by atoms with E-state index in [0.29, 0.717) is 11.4 Å². The van der Waals surface area contributed by atoms with Gasteiger partial charge in [0.2, 0.25) is 5.60 Å². The number of aliphatic hydroxyl groups is 1. The molecule has 3 atom stereocenters. The summed E-state index contributed by atoms with van der Waals surface area (Å²) in [5, 5.41) is 38.9. The predicted octanol–water partition coefficient (Wildman–Crippen LogP) is 0.749. The number of benzene rings is 1. The number of aliphatic carboxylic acids is 3. The van der Waals surface area contributed by atoms with E-state index in [9.17, 15) is 29.7 Å². The number of rotatable bonds is 6. The largest absolute Gasteiger partial charge is 0.481 e. The molecule has 0 aromatic heterocycles. The normalized spacial score (nSPS) is 21.8. The van der Waals surface area contributed by atoms with Gasteiger partial charge in [0, 0.05) is 22.8 Å². The lowest BCUT2D eigenvalue weighted by atomic mass is 9.88. The maximum absolute atomic E-state index is 12.0. The van der Waals surface area contributed by atoms with Crippen LogP contribution < -0.4 is 4.90 Å². The molecule has 0 fully saturated rings. The van der Waals surface area contributed by atoms with E-state index in [1.807, 2.05) is 6.08 Å². The van der Waals surface area contributed by atoms with E-state index in [-0.39, 0.29) is 0 Å². The van der Waals surface area contributed by atoms with E-state index >= 15 is 0 Å². The molecule has 8 nitrogen and oxygen atoms in total. The van der Waals surface area contributed by atoms with Gasteiger partial charge in [0.15, 0.2) is 6.04 Å². The predicted molar refractivity (Wildman–Crippen MR) is 94.3 cm³/mol. The second-order valence-corrected chi connectivity index (χ2v) is 7.25. The molecule has 3 rings (SSSR count). The Morgan fingerprint density at radius 3 is 2.54 bits per heavy atom. The lowest BCUT2D eigenvalue weighted by molar-refractivity contribution is -0.173. The molecule has 138 valence electrons. The highest BCUT2D eigenvalue weighted by atomic mass is 32.2. The molecule has 2 aliphatic heterocycles. The third kappa shape index (κ3) is 2.82. The molecule has 2 heterocycles. The molecule has 0 amide bonds. The number of carbonyl (C=O) groups is 3. The molecular formula is C17H17NO7S. The highest BCUT2D eigenvalue weighted by Crippen LogP contribution is 2.46. The zero-order valence-corrected chi connectivity index (χ0v) is 14.3. The van der Waals surface area contributed by atoms with Gasteiger partial charge in [-0.25, -0.2) is 9.59 Å². The van der Waals surface area contributed by atoms with Crippen LogP contribution in [0.15, 0.2) is 30.3 Å². The summed E-state index contributed by atoms with van der Waals surface area (Å²) in [6.45, 7) is 0. The monoisotopic (exact) mass is 379 g/mol. The second kappa shape index (κ2) is 6.65. The summed E-state index contributed by atoms with van der Waals surface area (Å²) in [5.41, 5.74) is -0.869. The van der Waals surface area contributed by atoms with Crippen molar-refractivity contribution in [1.82, 2.24) is 0 Å². The Bertz CT molecular complexity index is 808. The highest BCUT2D eigenvalue weighted by molar-refractivity contribution is 7.99. The Kier molecular flexibility index (Phi) is 4.68. The summed E-state index contributed by atoms with van der Waals surface area (Å²) in [6.07, 6.45) is 0.727. The van der Waals surface area contributed by atoms with Crippen molar-refractivity contribution < 1.29 is 34.8 Å². The lowest BCUT2D eigenvalue weighted by Gasteiger charge is -2.40. The number of carboxylic acid groups (broad SMARTS) is 3. The minimum absolute atomic E-state index is 0.452.